The van der Waals surface area contributed by atoms with Crippen LogP contribution in [0.3, 0.4) is 0 Å². The molecule has 0 radical (unpaired) electrons. The first-order chi connectivity index (χ1) is 29.0. The Bertz CT molecular complexity index is 3080. The normalized spacial score (nSPS) is 15.0. The van der Waals surface area contributed by atoms with E-state index in [9.17, 15) is 0 Å². The summed E-state index contributed by atoms with van der Waals surface area (Å²) in [6.07, 6.45) is 6.45. The van der Waals surface area contributed by atoms with E-state index in [1.54, 1.807) is 0 Å². The molecule has 2 aliphatic heterocycles. The number of fused-ring (bicyclic) bond motifs is 4. The number of benzene rings is 9. The van der Waals surface area contributed by atoms with Crippen LogP contribution in [0.15, 0.2) is 158 Å². The van der Waals surface area contributed by atoms with Crippen LogP contribution in [0.1, 0.15) is 74.5 Å². The zero-order valence-electron chi connectivity index (χ0n) is 34.2. The second-order valence-electron chi connectivity index (χ2n) is 17.8. The van der Waals surface area contributed by atoms with Crippen LogP contribution < -0.4 is 26.2 Å². The van der Waals surface area contributed by atoms with Gasteiger partial charge in [0.15, 0.2) is 0 Å². The summed E-state index contributed by atoms with van der Waals surface area (Å²) in [5.41, 5.74) is 18.5. The maximum absolute atomic E-state index is 2.61. The quantitative estimate of drug-likeness (QED) is 0.127. The molecule has 59 heavy (non-hydrogen) atoms. The summed E-state index contributed by atoms with van der Waals surface area (Å²) >= 11 is 0. The highest BCUT2D eigenvalue weighted by Gasteiger charge is 2.44. The number of hydrogen-bond donors (Lipinski definition) is 0. The topological polar surface area (TPSA) is 6.48 Å². The van der Waals surface area contributed by atoms with Crippen molar-refractivity contribution in [3.8, 4) is 11.1 Å². The average molecular weight is 759 g/mol. The molecule has 0 unspecified atom stereocenters. The van der Waals surface area contributed by atoms with E-state index in [2.05, 4.69) is 188 Å². The van der Waals surface area contributed by atoms with E-state index >= 15 is 0 Å². The van der Waals surface area contributed by atoms with E-state index in [1.807, 2.05) is 0 Å². The van der Waals surface area contributed by atoms with Crippen LogP contribution in [0.4, 0.5) is 34.1 Å². The standard InChI is InChI=1S/C56H47BN2/c1-35(2)41-25-30-51-49(32-41)57-48-17-7-8-18-50(48)59(53-34-43(37-11-5-4-6-12-37)33-52(56(53)57)58(51)44-26-19-36(3)20-27-44)45-16-10-15-42(31-45)46-28-23-40-22-21-38-13-9-14-39-24-29-47(46)55(40)54(38)39/h7-10,13-35,37H,4-6,11-12H2,1-3H3. The van der Waals surface area contributed by atoms with Crippen molar-refractivity contribution in [2.24, 2.45) is 0 Å². The Morgan fingerprint density at radius 2 is 1.20 bits per heavy atom. The van der Waals surface area contributed by atoms with Gasteiger partial charge in [0, 0.05) is 34.1 Å². The fourth-order valence-corrected chi connectivity index (χ4v) is 11.1. The monoisotopic (exact) mass is 758 g/mol. The second-order valence-corrected chi connectivity index (χ2v) is 17.8. The van der Waals surface area contributed by atoms with E-state index in [1.165, 1.54) is 143 Å². The Kier molecular flexibility index (Phi) is 7.86. The molecule has 284 valence electrons. The van der Waals surface area contributed by atoms with Gasteiger partial charge in [0.25, 0.3) is 6.71 Å². The van der Waals surface area contributed by atoms with Crippen molar-refractivity contribution in [2.45, 2.75) is 64.7 Å². The Hall–Kier alpha value is -6.32. The van der Waals surface area contributed by atoms with Crippen LogP contribution in [-0.4, -0.2) is 6.71 Å². The molecule has 12 rings (SSSR count). The summed E-state index contributed by atoms with van der Waals surface area (Å²) in [6, 6.07) is 60.9. The molecule has 1 fully saturated rings. The lowest BCUT2D eigenvalue weighted by atomic mass is 9.33. The van der Waals surface area contributed by atoms with Crippen LogP contribution in [0.25, 0.3) is 43.4 Å². The van der Waals surface area contributed by atoms with E-state index in [0.29, 0.717) is 11.8 Å². The summed E-state index contributed by atoms with van der Waals surface area (Å²) in [6.45, 7) is 6.95. The summed E-state index contributed by atoms with van der Waals surface area (Å²) < 4.78 is 0. The zero-order valence-corrected chi connectivity index (χ0v) is 34.2. The van der Waals surface area contributed by atoms with Crippen molar-refractivity contribution in [3.63, 3.8) is 0 Å². The molecule has 9 aromatic rings. The largest absolute Gasteiger partial charge is 0.311 e. The van der Waals surface area contributed by atoms with E-state index in [4.69, 9.17) is 0 Å². The first kappa shape index (κ1) is 34.7. The van der Waals surface area contributed by atoms with E-state index in [0.717, 1.165) is 0 Å². The average Bonchev–Trinajstić information content (AvgIpc) is 3.28. The fraction of sp³-hybridized carbons (Fsp3) is 0.179. The predicted octanol–water partition coefficient (Wildman–Crippen LogP) is 13.8. The molecule has 0 spiro atoms. The van der Waals surface area contributed by atoms with Crippen molar-refractivity contribution in [1.82, 2.24) is 0 Å². The van der Waals surface area contributed by atoms with Gasteiger partial charge >= 0.3 is 0 Å². The maximum Gasteiger partial charge on any atom is 0.252 e. The van der Waals surface area contributed by atoms with Crippen molar-refractivity contribution >= 4 is 89.5 Å². The highest BCUT2D eigenvalue weighted by Crippen LogP contribution is 2.48. The summed E-state index contributed by atoms with van der Waals surface area (Å²) in [4.78, 5) is 5.20. The summed E-state index contributed by atoms with van der Waals surface area (Å²) in [7, 11) is 0. The van der Waals surface area contributed by atoms with Gasteiger partial charge in [-0.1, -0.05) is 148 Å². The number of hydrogen-bond acceptors (Lipinski definition) is 2. The smallest absolute Gasteiger partial charge is 0.252 e. The number of rotatable bonds is 5. The first-order valence-electron chi connectivity index (χ1n) is 21.8. The Balaban J connectivity index is 1.12. The van der Waals surface area contributed by atoms with Crippen LogP contribution in [0, 0.1) is 6.92 Å². The van der Waals surface area contributed by atoms with Crippen LogP contribution in [-0.2, 0) is 0 Å². The minimum absolute atomic E-state index is 0.115. The van der Waals surface area contributed by atoms with Gasteiger partial charge in [0.2, 0.25) is 0 Å². The second kappa shape index (κ2) is 13.4. The highest BCUT2D eigenvalue weighted by atomic mass is 15.2. The summed E-state index contributed by atoms with van der Waals surface area (Å²) in [5, 5.41) is 7.93. The highest BCUT2D eigenvalue weighted by molar-refractivity contribution is 7.00. The van der Waals surface area contributed by atoms with Gasteiger partial charge in [-0.3, -0.25) is 0 Å². The van der Waals surface area contributed by atoms with Crippen LogP contribution in [0.5, 0.6) is 0 Å². The van der Waals surface area contributed by atoms with Crippen molar-refractivity contribution < 1.29 is 0 Å². The molecule has 0 atom stereocenters. The van der Waals surface area contributed by atoms with E-state index in [-0.39, 0.29) is 6.71 Å². The van der Waals surface area contributed by atoms with Crippen LogP contribution >= 0.6 is 0 Å². The molecule has 9 aromatic carbocycles. The molecule has 2 heterocycles. The van der Waals surface area contributed by atoms with Gasteiger partial charge < -0.3 is 9.80 Å². The van der Waals surface area contributed by atoms with Gasteiger partial charge in [-0.05, 0) is 151 Å². The Morgan fingerprint density at radius 3 is 1.98 bits per heavy atom. The Morgan fingerprint density at radius 1 is 0.525 bits per heavy atom. The number of anilines is 6. The third kappa shape index (κ3) is 5.33. The molecular formula is C56H47BN2. The van der Waals surface area contributed by atoms with Gasteiger partial charge in [-0.15, -0.1) is 0 Å². The molecule has 3 heteroatoms. The lowest BCUT2D eigenvalue weighted by Gasteiger charge is -2.45. The van der Waals surface area contributed by atoms with Gasteiger partial charge in [0.05, 0.1) is 0 Å². The van der Waals surface area contributed by atoms with Gasteiger partial charge in [0.1, 0.15) is 0 Å². The minimum Gasteiger partial charge on any atom is -0.311 e. The van der Waals surface area contributed by atoms with Gasteiger partial charge in [-0.2, -0.15) is 0 Å². The third-order valence-corrected chi connectivity index (χ3v) is 14.0. The molecule has 0 N–H and O–H groups in total. The lowest BCUT2D eigenvalue weighted by molar-refractivity contribution is 0.444. The fourth-order valence-electron chi connectivity index (χ4n) is 11.1. The van der Waals surface area contributed by atoms with Crippen molar-refractivity contribution in [1.29, 1.82) is 0 Å². The Labute approximate surface area is 348 Å². The number of aryl methyl sites for hydroxylation is 1. The molecule has 0 aromatic heterocycles. The molecule has 0 saturated heterocycles. The molecule has 0 amide bonds. The molecule has 1 aliphatic carbocycles. The molecular weight excluding hydrogens is 711 g/mol. The first-order valence-corrected chi connectivity index (χ1v) is 21.8. The number of nitrogens with zero attached hydrogens (tertiary/aromatic N) is 2. The zero-order chi connectivity index (χ0) is 39.4. The van der Waals surface area contributed by atoms with Crippen molar-refractivity contribution in [3.05, 3.63) is 174 Å². The SMILES string of the molecule is Cc1ccc(N2c3ccc(C(C)C)cc3B3c4ccccc4N(c4cccc(-c5ccc6ccc7cccc8ccc5c6c78)c4)c4cc(C5CCCCC5)cc2c43)cc1. The molecule has 3 aliphatic rings. The van der Waals surface area contributed by atoms with Gasteiger partial charge in [-0.25, -0.2) is 0 Å². The van der Waals surface area contributed by atoms with E-state index < -0.39 is 0 Å². The minimum atomic E-state index is 0.115. The molecule has 1 saturated carbocycles. The molecule has 0 bridgehead atoms. The predicted molar refractivity (Wildman–Crippen MR) is 254 cm³/mol. The van der Waals surface area contributed by atoms with Crippen molar-refractivity contribution in [2.75, 3.05) is 9.80 Å². The lowest BCUT2D eigenvalue weighted by Crippen LogP contribution is -2.61. The maximum atomic E-state index is 2.61. The third-order valence-electron chi connectivity index (χ3n) is 14.0. The molecule has 2 nitrogen and oxygen atoms in total. The number of para-hydroxylation sites is 1. The van der Waals surface area contributed by atoms with Crippen LogP contribution in [0.2, 0.25) is 0 Å². The summed E-state index contributed by atoms with van der Waals surface area (Å²) in [5.74, 6) is 0.983.